The molecule has 0 fully saturated rings. The summed E-state index contributed by atoms with van der Waals surface area (Å²) in [6, 6.07) is 11.2. The molecule has 1 amide bonds. The third kappa shape index (κ3) is 5.42. The molecule has 0 aliphatic carbocycles. The molecule has 1 atom stereocenters. The second kappa shape index (κ2) is 10.4. The molecule has 3 aromatic rings. The molecule has 0 radical (unpaired) electrons. The Morgan fingerprint density at radius 1 is 1.16 bits per heavy atom. The third-order valence-electron chi connectivity index (χ3n) is 4.89. The van der Waals surface area contributed by atoms with Crippen LogP contribution in [0.1, 0.15) is 35.5 Å². The normalized spacial score (nSPS) is 11.7. The number of nitrogens with one attached hydrogen (secondary N) is 2. The number of ether oxygens (including phenoxy) is 1. The topological polar surface area (TPSA) is 122 Å². The molecule has 168 valence electrons. The van der Waals surface area contributed by atoms with Crippen LogP contribution >= 0.6 is 0 Å². The van der Waals surface area contributed by atoms with Crippen LogP contribution in [0.2, 0.25) is 0 Å². The number of hydrogen-bond acceptors (Lipinski definition) is 6. The zero-order valence-corrected chi connectivity index (χ0v) is 18.0. The lowest BCUT2D eigenvalue weighted by Crippen LogP contribution is -2.42. The number of aromatic nitrogens is 2. The van der Waals surface area contributed by atoms with Gasteiger partial charge in [-0.15, -0.1) is 0 Å². The number of hydrogen-bond donors (Lipinski definition) is 3. The second-order valence-electron chi connectivity index (χ2n) is 7.12. The van der Waals surface area contributed by atoms with Crippen LogP contribution in [0.3, 0.4) is 0 Å². The Morgan fingerprint density at radius 2 is 1.91 bits per heavy atom. The van der Waals surface area contributed by atoms with Crippen molar-refractivity contribution in [3.05, 3.63) is 65.5 Å². The Balaban J connectivity index is 1.78. The third-order valence-corrected chi connectivity index (χ3v) is 4.89. The van der Waals surface area contributed by atoms with Crippen molar-refractivity contribution < 1.29 is 24.2 Å². The number of pyridine rings is 1. The van der Waals surface area contributed by atoms with E-state index in [9.17, 15) is 19.5 Å². The number of carbonyl (C=O) groups excluding carboxylic acids is 2. The first-order valence-electron chi connectivity index (χ1n) is 10.4. The van der Waals surface area contributed by atoms with Crippen molar-refractivity contribution in [1.29, 1.82) is 0 Å². The van der Waals surface area contributed by atoms with Gasteiger partial charge >= 0.3 is 11.9 Å². The number of rotatable bonds is 10. The Kier molecular flexibility index (Phi) is 7.43. The van der Waals surface area contributed by atoms with Gasteiger partial charge in [0.1, 0.15) is 24.1 Å². The maximum atomic E-state index is 12.8. The van der Waals surface area contributed by atoms with E-state index in [1.54, 1.807) is 29.7 Å². The summed E-state index contributed by atoms with van der Waals surface area (Å²) in [5, 5.41) is 15.2. The summed E-state index contributed by atoms with van der Waals surface area (Å²) < 4.78 is 6.69. The van der Waals surface area contributed by atoms with Crippen molar-refractivity contribution in [2.24, 2.45) is 0 Å². The summed E-state index contributed by atoms with van der Waals surface area (Å²) in [7, 11) is 0. The minimum absolute atomic E-state index is 0.00332. The summed E-state index contributed by atoms with van der Waals surface area (Å²) in [4.78, 5) is 40.6. The zero-order valence-electron chi connectivity index (χ0n) is 18.0. The minimum atomic E-state index is -1.11. The van der Waals surface area contributed by atoms with Gasteiger partial charge in [0, 0.05) is 18.2 Å². The van der Waals surface area contributed by atoms with E-state index >= 15 is 0 Å². The molecule has 9 nitrogen and oxygen atoms in total. The van der Waals surface area contributed by atoms with Crippen molar-refractivity contribution in [3.8, 4) is 0 Å². The van der Waals surface area contributed by atoms with Gasteiger partial charge in [-0.1, -0.05) is 37.3 Å². The number of nitrogens with zero attached hydrogens (tertiary/aromatic N) is 2. The number of amides is 1. The first-order valence-corrected chi connectivity index (χ1v) is 10.4. The van der Waals surface area contributed by atoms with Gasteiger partial charge in [-0.2, -0.15) is 0 Å². The molecule has 0 aliphatic heterocycles. The Morgan fingerprint density at radius 3 is 2.56 bits per heavy atom. The highest BCUT2D eigenvalue weighted by molar-refractivity contribution is 5.97. The van der Waals surface area contributed by atoms with Crippen molar-refractivity contribution in [1.82, 2.24) is 14.7 Å². The van der Waals surface area contributed by atoms with Crippen molar-refractivity contribution >= 4 is 29.3 Å². The average Bonchev–Trinajstić information content (AvgIpc) is 3.14. The number of anilines is 1. The molecule has 2 heterocycles. The number of carboxylic acids is 1. The lowest BCUT2D eigenvalue weighted by molar-refractivity contribution is -0.141. The molecule has 2 aromatic heterocycles. The average molecular weight is 438 g/mol. The highest BCUT2D eigenvalue weighted by Crippen LogP contribution is 2.20. The molecule has 0 spiro atoms. The summed E-state index contributed by atoms with van der Waals surface area (Å²) >= 11 is 0. The van der Waals surface area contributed by atoms with Crippen LogP contribution in [0.5, 0.6) is 0 Å². The number of esters is 1. The van der Waals surface area contributed by atoms with Crippen LogP contribution < -0.4 is 10.6 Å². The van der Waals surface area contributed by atoms with E-state index < -0.39 is 17.9 Å². The van der Waals surface area contributed by atoms with E-state index in [2.05, 4.69) is 15.6 Å². The van der Waals surface area contributed by atoms with E-state index in [1.807, 2.05) is 37.3 Å². The van der Waals surface area contributed by atoms with E-state index in [0.29, 0.717) is 30.1 Å². The number of aliphatic carboxylic acids is 1. The lowest BCUT2D eigenvalue weighted by atomic mass is 10.1. The standard InChI is InChI=1S/C23H26N4O5/c1-3-17-21(24-14-20(28)32-4-2)27-11-10-16(13-19(27)25-17)22(29)26-18(23(30)31)12-15-8-6-5-7-9-15/h5-11,13,18,24H,3-4,12,14H2,1-2H3,(H,26,29)(H,30,31). The SMILES string of the molecule is CCOC(=O)CNc1c(CC)nc2cc(C(=O)NC(Cc3ccccc3)C(=O)O)ccn12. The predicted molar refractivity (Wildman–Crippen MR) is 119 cm³/mol. The molecule has 0 bridgehead atoms. The first kappa shape index (κ1) is 22.8. The fourth-order valence-electron chi connectivity index (χ4n) is 3.33. The Hall–Kier alpha value is -3.88. The van der Waals surface area contributed by atoms with Gasteiger partial charge in [-0.05, 0) is 31.0 Å². The smallest absolute Gasteiger partial charge is 0.326 e. The molecule has 0 saturated heterocycles. The van der Waals surface area contributed by atoms with Crippen LogP contribution in [0.15, 0.2) is 48.7 Å². The highest BCUT2D eigenvalue weighted by Gasteiger charge is 2.22. The van der Waals surface area contributed by atoms with Crippen LogP contribution in [-0.2, 0) is 27.2 Å². The summed E-state index contributed by atoms with van der Waals surface area (Å²) in [6.45, 7) is 3.97. The van der Waals surface area contributed by atoms with E-state index in [1.165, 1.54) is 0 Å². The van der Waals surface area contributed by atoms with Gasteiger partial charge in [0.05, 0.1) is 12.3 Å². The lowest BCUT2D eigenvalue weighted by Gasteiger charge is -2.15. The molecule has 0 saturated carbocycles. The zero-order chi connectivity index (χ0) is 23.1. The van der Waals surface area contributed by atoms with E-state index in [0.717, 1.165) is 11.3 Å². The van der Waals surface area contributed by atoms with Gasteiger partial charge in [0.2, 0.25) is 0 Å². The maximum absolute atomic E-state index is 12.8. The van der Waals surface area contributed by atoms with Crippen molar-refractivity contribution in [2.75, 3.05) is 18.5 Å². The van der Waals surface area contributed by atoms with Gasteiger partial charge in [0.25, 0.3) is 5.91 Å². The van der Waals surface area contributed by atoms with E-state index in [-0.39, 0.29) is 18.9 Å². The number of imidazole rings is 1. The number of carbonyl (C=O) groups is 3. The maximum Gasteiger partial charge on any atom is 0.326 e. The van der Waals surface area contributed by atoms with Gasteiger partial charge in [-0.25, -0.2) is 9.78 Å². The van der Waals surface area contributed by atoms with Crippen LogP contribution in [0, 0.1) is 0 Å². The fraction of sp³-hybridized carbons (Fsp3) is 0.304. The van der Waals surface area contributed by atoms with E-state index in [4.69, 9.17) is 4.74 Å². The number of benzene rings is 1. The number of fused-ring (bicyclic) bond motifs is 1. The van der Waals surface area contributed by atoms with Gasteiger partial charge < -0.3 is 20.5 Å². The van der Waals surface area contributed by atoms with Gasteiger partial charge in [0.15, 0.2) is 0 Å². The second-order valence-corrected chi connectivity index (χ2v) is 7.12. The number of carboxylic acid groups (broad SMARTS) is 1. The molecule has 1 unspecified atom stereocenters. The number of aryl methyl sites for hydroxylation is 1. The molecule has 3 rings (SSSR count). The molecule has 9 heteroatoms. The first-order chi connectivity index (χ1) is 15.4. The molecule has 32 heavy (non-hydrogen) atoms. The molecule has 0 aliphatic rings. The predicted octanol–water partition coefficient (Wildman–Crippen LogP) is 2.30. The summed E-state index contributed by atoms with van der Waals surface area (Å²) in [5.74, 6) is -1.34. The molecular weight excluding hydrogens is 412 g/mol. The molecular formula is C23H26N4O5. The van der Waals surface area contributed by atoms with Crippen molar-refractivity contribution in [3.63, 3.8) is 0 Å². The highest BCUT2D eigenvalue weighted by atomic mass is 16.5. The molecule has 3 N–H and O–H groups in total. The van der Waals surface area contributed by atoms with Crippen LogP contribution in [-0.4, -0.2) is 51.5 Å². The minimum Gasteiger partial charge on any atom is -0.480 e. The summed E-state index contributed by atoms with van der Waals surface area (Å²) in [6.07, 6.45) is 2.46. The molecule has 1 aromatic carbocycles. The Bertz CT molecular complexity index is 1110. The van der Waals surface area contributed by atoms with Crippen LogP contribution in [0.25, 0.3) is 5.65 Å². The monoisotopic (exact) mass is 438 g/mol. The summed E-state index contributed by atoms with van der Waals surface area (Å²) in [5.41, 5.74) is 2.35. The van der Waals surface area contributed by atoms with Crippen molar-refractivity contribution in [2.45, 2.75) is 32.7 Å². The van der Waals surface area contributed by atoms with Gasteiger partial charge in [-0.3, -0.25) is 14.0 Å². The quantitative estimate of drug-likeness (QED) is 0.415. The Labute approximate surface area is 185 Å². The van der Waals surface area contributed by atoms with Crippen LogP contribution in [0.4, 0.5) is 5.82 Å². The fourth-order valence-corrected chi connectivity index (χ4v) is 3.33. The largest absolute Gasteiger partial charge is 0.480 e.